The van der Waals surface area contributed by atoms with Crippen LogP contribution in [0.4, 0.5) is 0 Å². The zero-order valence-corrected chi connectivity index (χ0v) is 12.7. The lowest BCUT2D eigenvalue weighted by Crippen LogP contribution is -2.46. The predicted molar refractivity (Wildman–Crippen MR) is 74.9 cm³/mol. The summed E-state index contributed by atoms with van der Waals surface area (Å²) < 4.78 is 4.89. The van der Waals surface area contributed by atoms with Crippen molar-refractivity contribution in [2.24, 2.45) is 0 Å². The van der Waals surface area contributed by atoms with Crippen LogP contribution < -0.4 is 10.6 Å². The van der Waals surface area contributed by atoms with Crippen LogP contribution in [0, 0.1) is 0 Å². The molecule has 2 N–H and O–H groups in total. The minimum atomic E-state index is -0.250. The van der Waals surface area contributed by atoms with Crippen molar-refractivity contribution in [1.82, 2.24) is 15.5 Å². The van der Waals surface area contributed by atoms with Crippen molar-refractivity contribution in [3.8, 4) is 0 Å². The van der Waals surface area contributed by atoms with Gasteiger partial charge in [-0.1, -0.05) is 0 Å². The van der Waals surface area contributed by atoms with Crippen molar-refractivity contribution in [2.45, 2.75) is 32.7 Å². The highest BCUT2D eigenvalue weighted by molar-refractivity contribution is 5.81. The summed E-state index contributed by atoms with van der Waals surface area (Å²) in [6.07, 6.45) is 0.788. The maximum Gasteiger partial charge on any atom is 0.234 e. The van der Waals surface area contributed by atoms with E-state index in [0.29, 0.717) is 13.2 Å². The first-order valence-electron chi connectivity index (χ1n) is 6.50. The van der Waals surface area contributed by atoms with Crippen molar-refractivity contribution < 1.29 is 14.3 Å². The van der Waals surface area contributed by atoms with E-state index in [-0.39, 0.29) is 30.4 Å². The van der Waals surface area contributed by atoms with Crippen LogP contribution in [0.2, 0.25) is 0 Å². The lowest BCUT2D eigenvalue weighted by atomic mass is 10.1. The predicted octanol–water partition coefficient (Wildman–Crippen LogP) is -0.0144. The molecule has 6 nitrogen and oxygen atoms in total. The highest BCUT2D eigenvalue weighted by atomic mass is 16.5. The molecule has 0 aliphatic carbocycles. The van der Waals surface area contributed by atoms with Gasteiger partial charge in [-0.15, -0.1) is 0 Å². The minimum absolute atomic E-state index is 0.0813. The highest BCUT2D eigenvalue weighted by Gasteiger charge is 2.16. The fourth-order valence-corrected chi connectivity index (χ4v) is 1.50. The maximum atomic E-state index is 11.6. The topological polar surface area (TPSA) is 70.7 Å². The molecule has 0 aromatic heterocycles. The van der Waals surface area contributed by atoms with Gasteiger partial charge < -0.3 is 15.4 Å². The molecule has 0 aliphatic heterocycles. The Morgan fingerprint density at radius 2 is 1.74 bits per heavy atom. The average molecular weight is 273 g/mol. The summed E-state index contributed by atoms with van der Waals surface area (Å²) in [6.45, 7) is 7.42. The number of likely N-dealkylation sites (N-methyl/N-ethyl adjacent to an activating group) is 1. The van der Waals surface area contributed by atoms with Gasteiger partial charge in [-0.3, -0.25) is 14.5 Å². The first-order valence-corrected chi connectivity index (χ1v) is 6.50. The molecule has 0 aromatic carbocycles. The van der Waals surface area contributed by atoms with Crippen LogP contribution in [0.15, 0.2) is 0 Å². The van der Waals surface area contributed by atoms with E-state index in [1.807, 2.05) is 20.8 Å². The standard InChI is InChI=1S/C13H27N3O3/c1-13(2,3)15-12(18)10-16(4)9-11(17)14-7-6-8-19-5/h6-10H2,1-5H3,(H,14,17)(H,15,18). The zero-order valence-electron chi connectivity index (χ0n) is 12.7. The number of rotatable bonds is 8. The summed E-state index contributed by atoms with van der Waals surface area (Å²) in [7, 11) is 3.38. The van der Waals surface area contributed by atoms with E-state index in [9.17, 15) is 9.59 Å². The van der Waals surface area contributed by atoms with Crippen molar-refractivity contribution in [3.63, 3.8) is 0 Å². The maximum absolute atomic E-state index is 11.6. The van der Waals surface area contributed by atoms with E-state index in [4.69, 9.17) is 4.74 Å². The Bertz CT molecular complexity index is 287. The van der Waals surface area contributed by atoms with Gasteiger partial charge in [0.15, 0.2) is 0 Å². The summed E-state index contributed by atoms with van der Waals surface area (Å²) in [5.41, 5.74) is -0.250. The number of nitrogens with zero attached hydrogens (tertiary/aromatic N) is 1. The third kappa shape index (κ3) is 11.7. The quantitative estimate of drug-likeness (QED) is 0.610. The van der Waals surface area contributed by atoms with Gasteiger partial charge in [0.05, 0.1) is 13.1 Å². The van der Waals surface area contributed by atoms with E-state index in [2.05, 4.69) is 10.6 Å². The highest BCUT2D eigenvalue weighted by Crippen LogP contribution is 1.98. The molecule has 0 fully saturated rings. The fraction of sp³-hybridized carbons (Fsp3) is 0.846. The molecular weight excluding hydrogens is 246 g/mol. The molecule has 0 radical (unpaired) electrons. The number of hydrogen-bond donors (Lipinski definition) is 2. The minimum Gasteiger partial charge on any atom is -0.385 e. The van der Waals surface area contributed by atoms with E-state index in [1.165, 1.54) is 0 Å². The first kappa shape index (κ1) is 17.9. The Kier molecular flexibility index (Phi) is 8.34. The molecule has 0 saturated carbocycles. The summed E-state index contributed by atoms with van der Waals surface area (Å²) in [5, 5.41) is 5.63. The molecule has 0 aliphatic rings. The van der Waals surface area contributed by atoms with Gasteiger partial charge in [0.1, 0.15) is 0 Å². The van der Waals surface area contributed by atoms with Crippen LogP contribution in [-0.4, -0.2) is 62.7 Å². The molecule has 0 atom stereocenters. The van der Waals surface area contributed by atoms with Gasteiger partial charge >= 0.3 is 0 Å². The lowest BCUT2D eigenvalue weighted by Gasteiger charge is -2.23. The third-order valence-corrected chi connectivity index (χ3v) is 2.19. The van der Waals surface area contributed by atoms with E-state index < -0.39 is 0 Å². The van der Waals surface area contributed by atoms with Crippen molar-refractivity contribution in [1.29, 1.82) is 0 Å². The Balaban J connectivity index is 3.81. The van der Waals surface area contributed by atoms with Crippen molar-refractivity contribution in [3.05, 3.63) is 0 Å². The summed E-state index contributed by atoms with van der Waals surface area (Å²) in [4.78, 5) is 24.9. The van der Waals surface area contributed by atoms with E-state index in [0.717, 1.165) is 6.42 Å². The van der Waals surface area contributed by atoms with Crippen LogP contribution in [0.5, 0.6) is 0 Å². The Labute approximate surface area is 115 Å². The molecule has 0 heterocycles. The molecule has 0 bridgehead atoms. The number of carbonyl (C=O) groups excluding carboxylic acids is 2. The number of hydrogen-bond acceptors (Lipinski definition) is 4. The van der Waals surface area contributed by atoms with Gasteiger partial charge in [-0.25, -0.2) is 0 Å². The smallest absolute Gasteiger partial charge is 0.234 e. The van der Waals surface area contributed by atoms with E-state index >= 15 is 0 Å². The van der Waals surface area contributed by atoms with Crippen molar-refractivity contribution >= 4 is 11.8 Å². The third-order valence-electron chi connectivity index (χ3n) is 2.19. The van der Waals surface area contributed by atoms with Crippen LogP contribution in [-0.2, 0) is 14.3 Å². The largest absolute Gasteiger partial charge is 0.385 e. The summed E-state index contributed by atoms with van der Waals surface area (Å²) in [5.74, 6) is -0.163. The molecule has 0 spiro atoms. The number of carbonyl (C=O) groups is 2. The second-order valence-corrected chi connectivity index (χ2v) is 5.67. The van der Waals surface area contributed by atoms with Gasteiger partial charge in [-0.2, -0.15) is 0 Å². The molecule has 0 aromatic rings. The van der Waals surface area contributed by atoms with Gasteiger partial charge in [0, 0.05) is 25.8 Å². The van der Waals surface area contributed by atoms with Crippen molar-refractivity contribution in [2.75, 3.05) is 40.4 Å². The Hall–Kier alpha value is -1.14. The molecular formula is C13H27N3O3. The van der Waals surface area contributed by atoms with E-state index in [1.54, 1.807) is 19.1 Å². The Morgan fingerprint density at radius 3 is 2.26 bits per heavy atom. The first-order chi connectivity index (χ1) is 8.74. The van der Waals surface area contributed by atoms with Crippen LogP contribution >= 0.6 is 0 Å². The molecule has 112 valence electrons. The van der Waals surface area contributed by atoms with Crippen LogP contribution in [0.1, 0.15) is 27.2 Å². The number of methoxy groups -OCH3 is 1. The van der Waals surface area contributed by atoms with Gasteiger partial charge in [0.25, 0.3) is 0 Å². The monoisotopic (exact) mass is 273 g/mol. The molecule has 19 heavy (non-hydrogen) atoms. The number of amides is 2. The average Bonchev–Trinajstić information content (AvgIpc) is 2.21. The number of nitrogens with one attached hydrogen (secondary N) is 2. The molecule has 6 heteroatoms. The zero-order chi connectivity index (χ0) is 14.9. The summed E-state index contributed by atoms with van der Waals surface area (Å²) >= 11 is 0. The van der Waals surface area contributed by atoms with Crippen LogP contribution in [0.3, 0.4) is 0 Å². The fourth-order valence-electron chi connectivity index (χ4n) is 1.50. The summed E-state index contributed by atoms with van der Waals surface area (Å²) in [6, 6.07) is 0. The second-order valence-electron chi connectivity index (χ2n) is 5.67. The Morgan fingerprint density at radius 1 is 1.16 bits per heavy atom. The van der Waals surface area contributed by atoms with Gasteiger partial charge in [0.2, 0.25) is 11.8 Å². The lowest BCUT2D eigenvalue weighted by molar-refractivity contribution is -0.125. The van der Waals surface area contributed by atoms with Crippen LogP contribution in [0.25, 0.3) is 0 Å². The molecule has 0 unspecified atom stereocenters. The van der Waals surface area contributed by atoms with Gasteiger partial charge in [-0.05, 0) is 34.2 Å². The molecule has 2 amide bonds. The SMILES string of the molecule is COCCCNC(=O)CN(C)CC(=O)NC(C)(C)C. The molecule has 0 saturated heterocycles. The normalized spacial score (nSPS) is 11.5. The number of ether oxygens (including phenoxy) is 1. The second kappa shape index (κ2) is 8.87. The molecule has 0 rings (SSSR count).